The number of aliphatic carboxylic acids is 1. The van der Waals surface area contributed by atoms with E-state index in [1.54, 1.807) is 11.0 Å². The number of hydrogen-bond donors (Lipinski definition) is 1. The highest BCUT2D eigenvalue weighted by molar-refractivity contribution is 6.34. The monoisotopic (exact) mass is 295 g/mol. The summed E-state index contributed by atoms with van der Waals surface area (Å²) in [6.45, 7) is 3.99. The number of halogens is 1. The molecule has 0 aliphatic heterocycles. The van der Waals surface area contributed by atoms with Gasteiger partial charge in [-0.2, -0.15) is 0 Å². The fraction of sp³-hybridized carbons (Fsp3) is 0.467. The lowest BCUT2D eigenvalue weighted by atomic mass is 10.1. The van der Waals surface area contributed by atoms with Gasteiger partial charge in [0.05, 0.1) is 17.1 Å². The van der Waals surface area contributed by atoms with Crippen molar-refractivity contribution in [3.8, 4) is 0 Å². The number of rotatable bonds is 5. The number of hydrogen-bond acceptors (Lipinski definition) is 2. The Labute approximate surface area is 123 Å². The van der Waals surface area contributed by atoms with Gasteiger partial charge in [-0.05, 0) is 43.9 Å². The van der Waals surface area contributed by atoms with Gasteiger partial charge in [0.1, 0.15) is 0 Å². The normalized spacial score (nSPS) is 14.2. The van der Waals surface area contributed by atoms with Crippen LogP contribution in [0.1, 0.15) is 30.4 Å². The van der Waals surface area contributed by atoms with E-state index >= 15 is 0 Å². The Kier molecular flexibility index (Phi) is 4.33. The molecule has 108 valence electrons. The predicted octanol–water partition coefficient (Wildman–Crippen LogP) is 3.17. The highest BCUT2D eigenvalue weighted by Crippen LogP contribution is 2.37. The molecule has 1 aliphatic carbocycles. The Bertz CT molecular complexity index is 529. The molecular weight excluding hydrogens is 278 g/mol. The highest BCUT2D eigenvalue weighted by Gasteiger charge is 2.35. The van der Waals surface area contributed by atoms with Crippen molar-refractivity contribution in [2.45, 2.75) is 33.1 Å². The van der Waals surface area contributed by atoms with Gasteiger partial charge in [-0.15, -0.1) is 0 Å². The minimum atomic E-state index is -0.917. The van der Waals surface area contributed by atoms with Crippen LogP contribution >= 0.6 is 11.6 Å². The van der Waals surface area contributed by atoms with Crippen molar-refractivity contribution in [3.05, 3.63) is 28.3 Å². The maximum Gasteiger partial charge on any atom is 0.305 e. The van der Waals surface area contributed by atoms with E-state index in [2.05, 4.69) is 0 Å². The summed E-state index contributed by atoms with van der Waals surface area (Å²) in [5, 5.41) is 9.36. The van der Waals surface area contributed by atoms with Crippen LogP contribution < -0.4 is 4.90 Å². The number of nitrogens with zero attached hydrogens (tertiary/aromatic N) is 1. The fourth-order valence-corrected chi connectivity index (χ4v) is 2.76. The van der Waals surface area contributed by atoms with E-state index in [1.165, 1.54) is 0 Å². The van der Waals surface area contributed by atoms with Crippen LogP contribution in [-0.2, 0) is 9.59 Å². The lowest BCUT2D eigenvalue weighted by molar-refractivity contribution is -0.136. The molecule has 0 spiro atoms. The lowest BCUT2D eigenvalue weighted by Gasteiger charge is -2.25. The van der Waals surface area contributed by atoms with Crippen LogP contribution in [0.2, 0.25) is 5.02 Å². The number of carbonyl (C=O) groups is 2. The summed E-state index contributed by atoms with van der Waals surface area (Å²) < 4.78 is 0. The maximum atomic E-state index is 12.4. The summed E-state index contributed by atoms with van der Waals surface area (Å²) in [5.74, 6) is -0.903. The van der Waals surface area contributed by atoms with Crippen LogP contribution in [0.25, 0.3) is 0 Å². The second-order valence-corrected chi connectivity index (χ2v) is 5.73. The molecule has 0 atom stereocenters. The van der Waals surface area contributed by atoms with E-state index in [4.69, 9.17) is 16.7 Å². The van der Waals surface area contributed by atoms with Crippen molar-refractivity contribution in [3.63, 3.8) is 0 Å². The predicted molar refractivity (Wildman–Crippen MR) is 78.3 cm³/mol. The first kappa shape index (κ1) is 14.9. The summed E-state index contributed by atoms with van der Waals surface area (Å²) in [6, 6.07) is 3.76. The Hall–Kier alpha value is -1.55. The molecule has 1 fully saturated rings. The topological polar surface area (TPSA) is 57.6 Å². The average molecular weight is 296 g/mol. The van der Waals surface area contributed by atoms with Gasteiger partial charge in [0.15, 0.2) is 0 Å². The molecule has 1 N–H and O–H groups in total. The van der Waals surface area contributed by atoms with E-state index in [-0.39, 0.29) is 24.8 Å². The number of anilines is 1. The van der Waals surface area contributed by atoms with Crippen LogP contribution in [0.15, 0.2) is 12.1 Å². The Morgan fingerprint density at radius 1 is 1.35 bits per heavy atom. The molecule has 1 aromatic carbocycles. The van der Waals surface area contributed by atoms with Gasteiger partial charge < -0.3 is 10.0 Å². The molecule has 0 radical (unpaired) electrons. The first-order chi connectivity index (χ1) is 9.40. The number of benzene rings is 1. The Morgan fingerprint density at radius 3 is 2.50 bits per heavy atom. The molecule has 1 aromatic rings. The third-order valence-corrected chi connectivity index (χ3v) is 3.70. The summed E-state index contributed by atoms with van der Waals surface area (Å²) in [6.07, 6.45) is 1.68. The first-order valence-corrected chi connectivity index (χ1v) is 7.08. The van der Waals surface area contributed by atoms with E-state index in [9.17, 15) is 9.59 Å². The van der Waals surface area contributed by atoms with E-state index in [1.807, 2.05) is 19.9 Å². The maximum absolute atomic E-state index is 12.4. The fourth-order valence-electron chi connectivity index (χ4n) is 2.34. The largest absolute Gasteiger partial charge is 0.481 e. The molecule has 1 saturated carbocycles. The zero-order valence-electron chi connectivity index (χ0n) is 11.6. The van der Waals surface area contributed by atoms with Crippen molar-refractivity contribution < 1.29 is 14.7 Å². The second kappa shape index (κ2) is 5.83. The van der Waals surface area contributed by atoms with Gasteiger partial charge in [0.2, 0.25) is 5.91 Å². The van der Waals surface area contributed by atoms with Crippen LogP contribution in [0.3, 0.4) is 0 Å². The Morgan fingerprint density at radius 2 is 2.00 bits per heavy atom. The molecule has 4 nitrogen and oxygen atoms in total. The third kappa shape index (κ3) is 3.31. The quantitative estimate of drug-likeness (QED) is 0.907. The molecule has 0 bridgehead atoms. The molecule has 0 aromatic heterocycles. The SMILES string of the molecule is Cc1cc(C)c(N(CCC(=O)O)C(=O)C2CC2)c(Cl)c1. The van der Waals surface area contributed by atoms with Crippen molar-refractivity contribution in [2.24, 2.45) is 5.92 Å². The van der Waals surface area contributed by atoms with Gasteiger partial charge in [-0.25, -0.2) is 0 Å². The zero-order valence-corrected chi connectivity index (χ0v) is 12.4. The first-order valence-electron chi connectivity index (χ1n) is 6.70. The third-order valence-electron chi connectivity index (χ3n) is 3.41. The number of carboxylic acids is 1. The zero-order chi connectivity index (χ0) is 14.9. The van der Waals surface area contributed by atoms with Crippen molar-refractivity contribution in [2.75, 3.05) is 11.4 Å². The number of aryl methyl sites for hydroxylation is 2. The summed E-state index contributed by atoms with van der Waals surface area (Å²) >= 11 is 6.27. The van der Waals surface area contributed by atoms with Crippen molar-refractivity contribution >= 4 is 29.2 Å². The van der Waals surface area contributed by atoms with E-state index in [0.717, 1.165) is 24.0 Å². The summed E-state index contributed by atoms with van der Waals surface area (Å²) in [5.41, 5.74) is 2.57. The number of carbonyl (C=O) groups excluding carboxylic acids is 1. The Balaban J connectivity index is 2.34. The highest BCUT2D eigenvalue weighted by atomic mass is 35.5. The smallest absolute Gasteiger partial charge is 0.305 e. The molecule has 0 unspecified atom stereocenters. The lowest BCUT2D eigenvalue weighted by Crippen LogP contribution is -2.35. The minimum absolute atomic E-state index is 0.0138. The van der Waals surface area contributed by atoms with Gasteiger partial charge in [-0.3, -0.25) is 9.59 Å². The molecule has 1 aliphatic rings. The minimum Gasteiger partial charge on any atom is -0.481 e. The molecule has 2 rings (SSSR count). The molecule has 1 amide bonds. The van der Waals surface area contributed by atoms with Gasteiger partial charge in [0, 0.05) is 12.5 Å². The van der Waals surface area contributed by atoms with Gasteiger partial charge in [-0.1, -0.05) is 17.7 Å². The van der Waals surface area contributed by atoms with Gasteiger partial charge >= 0.3 is 5.97 Å². The standard InChI is InChI=1S/C15H18ClNO3/c1-9-7-10(2)14(12(16)8-9)17(6-5-13(18)19)15(20)11-3-4-11/h7-8,11H,3-6H2,1-2H3,(H,18,19). The summed E-state index contributed by atoms with van der Waals surface area (Å²) in [4.78, 5) is 24.7. The average Bonchev–Trinajstić information content (AvgIpc) is 3.14. The van der Waals surface area contributed by atoms with Crippen LogP contribution in [0, 0.1) is 19.8 Å². The molecule has 0 saturated heterocycles. The summed E-state index contributed by atoms with van der Waals surface area (Å²) in [7, 11) is 0. The van der Waals surface area contributed by atoms with Gasteiger partial charge in [0.25, 0.3) is 0 Å². The van der Waals surface area contributed by atoms with Crippen LogP contribution in [0.5, 0.6) is 0 Å². The van der Waals surface area contributed by atoms with Crippen LogP contribution in [-0.4, -0.2) is 23.5 Å². The molecular formula is C15H18ClNO3. The molecule has 0 heterocycles. The van der Waals surface area contributed by atoms with E-state index < -0.39 is 5.97 Å². The molecule has 5 heteroatoms. The number of carboxylic acid groups (broad SMARTS) is 1. The molecule has 20 heavy (non-hydrogen) atoms. The number of amides is 1. The van der Waals surface area contributed by atoms with Crippen LogP contribution in [0.4, 0.5) is 5.69 Å². The van der Waals surface area contributed by atoms with Crippen molar-refractivity contribution in [1.82, 2.24) is 0 Å². The van der Waals surface area contributed by atoms with Crippen molar-refractivity contribution in [1.29, 1.82) is 0 Å². The second-order valence-electron chi connectivity index (χ2n) is 5.32. The van der Waals surface area contributed by atoms with E-state index in [0.29, 0.717) is 10.7 Å².